The van der Waals surface area contributed by atoms with Gasteiger partial charge in [0.05, 0.1) is 13.2 Å². The van der Waals surface area contributed by atoms with Gasteiger partial charge in [-0.2, -0.15) is 0 Å². The van der Waals surface area contributed by atoms with Gasteiger partial charge in [-0.1, -0.05) is 91.0 Å². The molecule has 2 aliphatic rings. The van der Waals surface area contributed by atoms with Crippen molar-refractivity contribution < 1.29 is 33.6 Å². The quantitative estimate of drug-likeness (QED) is 0.520. The molecule has 8 nitrogen and oxygen atoms in total. The van der Waals surface area contributed by atoms with E-state index in [1.165, 1.54) is 0 Å². The van der Waals surface area contributed by atoms with E-state index >= 15 is 0 Å². The van der Waals surface area contributed by atoms with Gasteiger partial charge < -0.3 is 34.1 Å². The molecule has 2 N–H and O–H groups in total. The van der Waals surface area contributed by atoms with Crippen LogP contribution in [0.2, 0.25) is 0 Å². The maximum Gasteiger partial charge on any atom is 0.407 e. The number of benzene rings is 3. The molecule has 8 heteroatoms. The van der Waals surface area contributed by atoms with Crippen molar-refractivity contribution in [1.82, 2.24) is 5.32 Å². The van der Waals surface area contributed by atoms with Gasteiger partial charge in [-0.25, -0.2) is 4.79 Å². The largest absolute Gasteiger partial charge is 0.445 e. The molecule has 0 spiro atoms. The predicted octanol–water partition coefficient (Wildman–Crippen LogP) is 3.70. The molecule has 0 saturated carbocycles. The van der Waals surface area contributed by atoms with Crippen molar-refractivity contribution >= 4 is 6.09 Å². The summed E-state index contributed by atoms with van der Waals surface area (Å²) >= 11 is 0. The monoisotopic (exact) mass is 491 g/mol. The van der Waals surface area contributed by atoms with Gasteiger partial charge in [-0.15, -0.1) is 0 Å². The summed E-state index contributed by atoms with van der Waals surface area (Å²) < 4.78 is 29.5. The zero-order valence-electron chi connectivity index (χ0n) is 19.6. The second-order valence-electron chi connectivity index (χ2n) is 8.74. The molecule has 0 aliphatic carbocycles. The molecule has 0 radical (unpaired) electrons. The summed E-state index contributed by atoms with van der Waals surface area (Å²) in [5, 5.41) is 14.1. The van der Waals surface area contributed by atoms with Crippen LogP contribution in [0.3, 0.4) is 0 Å². The first-order valence-corrected chi connectivity index (χ1v) is 12.0. The first-order chi connectivity index (χ1) is 17.7. The van der Waals surface area contributed by atoms with Crippen LogP contribution in [-0.4, -0.2) is 48.5 Å². The maximum absolute atomic E-state index is 12.7. The fraction of sp³-hybridized carbons (Fsp3) is 0.321. The lowest BCUT2D eigenvalue weighted by Crippen LogP contribution is -2.66. The Balaban J connectivity index is 1.28. The van der Waals surface area contributed by atoms with Gasteiger partial charge in [0.25, 0.3) is 0 Å². The summed E-state index contributed by atoms with van der Waals surface area (Å²) in [4.78, 5) is 12.7. The van der Waals surface area contributed by atoms with E-state index in [1.807, 2.05) is 91.0 Å². The molecule has 0 aromatic heterocycles. The third-order valence-corrected chi connectivity index (χ3v) is 6.19. The average Bonchev–Trinajstić information content (AvgIpc) is 2.94. The highest BCUT2D eigenvalue weighted by atomic mass is 16.7. The minimum Gasteiger partial charge on any atom is -0.445 e. The first-order valence-electron chi connectivity index (χ1n) is 12.0. The number of carbonyl (C=O) groups is 1. The van der Waals surface area contributed by atoms with Crippen LogP contribution < -0.4 is 5.32 Å². The minimum atomic E-state index is -1.12. The number of fused-ring (bicyclic) bond motifs is 1. The number of nitrogens with one attached hydrogen (secondary N) is 1. The molecule has 3 aromatic rings. The maximum atomic E-state index is 12.7. The third kappa shape index (κ3) is 5.92. The summed E-state index contributed by atoms with van der Waals surface area (Å²) in [7, 11) is 0. The van der Waals surface area contributed by atoms with E-state index in [0.29, 0.717) is 0 Å². The Bertz CT molecular complexity index is 1100. The van der Waals surface area contributed by atoms with E-state index in [9.17, 15) is 9.90 Å². The minimum absolute atomic E-state index is 0.0956. The molecule has 6 atom stereocenters. The van der Waals surface area contributed by atoms with Gasteiger partial charge in [0.2, 0.25) is 0 Å². The van der Waals surface area contributed by atoms with Crippen LogP contribution in [-0.2, 0) is 36.9 Å². The predicted molar refractivity (Wildman–Crippen MR) is 129 cm³/mol. The smallest absolute Gasteiger partial charge is 0.407 e. The van der Waals surface area contributed by atoms with Gasteiger partial charge in [-0.05, 0) is 11.1 Å². The van der Waals surface area contributed by atoms with Gasteiger partial charge in [0, 0.05) is 5.56 Å². The summed E-state index contributed by atoms with van der Waals surface area (Å²) in [5.41, 5.74) is 2.62. The fourth-order valence-electron chi connectivity index (χ4n) is 4.32. The van der Waals surface area contributed by atoms with Crippen molar-refractivity contribution in [3.8, 4) is 0 Å². The van der Waals surface area contributed by atoms with Crippen molar-refractivity contribution in [3.63, 3.8) is 0 Å². The van der Waals surface area contributed by atoms with E-state index in [1.54, 1.807) is 0 Å². The molecule has 2 saturated heterocycles. The molecule has 36 heavy (non-hydrogen) atoms. The molecule has 2 fully saturated rings. The number of aliphatic hydroxyl groups is 1. The third-order valence-electron chi connectivity index (χ3n) is 6.19. The Labute approximate surface area is 209 Å². The highest BCUT2D eigenvalue weighted by Gasteiger charge is 2.50. The fourth-order valence-corrected chi connectivity index (χ4v) is 4.32. The number of hydrogen-bond acceptors (Lipinski definition) is 7. The van der Waals surface area contributed by atoms with Crippen molar-refractivity contribution in [2.24, 2.45) is 0 Å². The highest BCUT2D eigenvalue weighted by molar-refractivity contribution is 5.67. The van der Waals surface area contributed by atoms with Gasteiger partial charge in [-0.3, -0.25) is 0 Å². The molecule has 3 aromatic carbocycles. The Hall–Kier alpha value is -3.27. The Morgan fingerprint density at radius 2 is 1.47 bits per heavy atom. The van der Waals surface area contributed by atoms with Crippen LogP contribution in [0.1, 0.15) is 23.0 Å². The lowest BCUT2D eigenvalue weighted by atomic mass is 9.96. The zero-order valence-corrected chi connectivity index (χ0v) is 19.6. The van der Waals surface area contributed by atoms with Crippen molar-refractivity contribution in [1.29, 1.82) is 0 Å². The number of carbonyl (C=O) groups excluding carboxylic acids is 1. The summed E-state index contributed by atoms with van der Waals surface area (Å²) in [6, 6.07) is 27.5. The van der Waals surface area contributed by atoms with E-state index in [-0.39, 0.29) is 19.8 Å². The standard InChI is InChI=1S/C28H29NO7/c30-24-23(29-28(31)34-17-20-12-6-2-7-13-20)27(32-16-19-10-4-1-5-11-19)35-22-18-33-26(36-25(22)24)21-14-8-3-9-15-21/h1-15,22-27,30H,16-18H2,(H,29,31)/t22-,23-,24-,25-,26-,27+/m1/s1. The normalized spacial score (nSPS) is 27.6. The topological polar surface area (TPSA) is 95.5 Å². The number of aliphatic hydroxyl groups excluding tert-OH is 1. The Kier molecular flexibility index (Phi) is 7.90. The summed E-state index contributed by atoms with van der Waals surface area (Å²) in [5.74, 6) is 0. The molecule has 0 bridgehead atoms. The first kappa shape index (κ1) is 24.4. The van der Waals surface area contributed by atoms with Gasteiger partial charge >= 0.3 is 6.09 Å². The van der Waals surface area contributed by atoms with Crippen LogP contribution in [0.15, 0.2) is 91.0 Å². The summed E-state index contributed by atoms with van der Waals surface area (Å²) in [6.07, 6.45) is -4.71. The highest BCUT2D eigenvalue weighted by Crippen LogP contribution is 2.34. The van der Waals surface area contributed by atoms with Gasteiger partial charge in [0.1, 0.15) is 31.0 Å². The zero-order chi connectivity index (χ0) is 24.7. The molecule has 2 aliphatic heterocycles. The molecular formula is C28H29NO7. The number of alkyl carbamates (subject to hydrolysis) is 1. The van der Waals surface area contributed by atoms with Crippen molar-refractivity contribution in [2.75, 3.05) is 6.61 Å². The van der Waals surface area contributed by atoms with Gasteiger partial charge in [0.15, 0.2) is 12.6 Å². The van der Waals surface area contributed by atoms with Crippen molar-refractivity contribution in [2.45, 2.75) is 50.1 Å². The second-order valence-corrected chi connectivity index (χ2v) is 8.74. The van der Waals surface area contributed by atoms with Crippen LogP contribution in [0.5, 0.6) is 0 Å². The van der Waals surface area contributed by atoms with Crippen LogP contribution in [0.4, 0.5) is 4.79 Å². The van der Waals surface area contributed by atoms with E-state index < -0.39 is 43.0 Å². The van der Waals surface area contributed by atoms with Crippen LogP contribution >= 0.6 is 0 Å². The van der Waals surface area contributed by atoms with E-state index in [4.69, 9.17) is 23.7 Å². The Morgan fingerprint density at radius 1 is 0.861 bits per heavy atom. The molecule has 2 heterocycles. The number of hydrogen-bond donors (Lipinski definition) is 2. The number of ether oxygens (including phenoxy) is 5. The van der Waals surface area contributed by atoms with Crippen molar-refractivity contribution in [3.05, 3.63) is 108 Å². The second kappa shape index (κ2) is 11.6. The van der Waals surface area contributed by atoms with E-state index in [2.05, 4.69) is 5.32 Å². The van der Waals surface area contributed by atoms with E-state index in [0.717, 1.165) is 16.7 Å². The molecule has 5 rings (SSSR count). The Morgan fingerprint density at radius 3 is 2.14 bits per heavy atom. The van der Waals surface area contributed by atoms with Crippen LogP contribution in [0.25, 0.3) is 0 Å². The number of rotatable bonds is 7. The molecule has 0 unspecified atom stereocenters. The molecule has 188 valence electrons. The molecule has 1 amide bonds. The summed E-state index contributed by atoms with van der Waals surface area (Å²) in [6.45, 7) is 0.539. The SMILES string of the molecule is O=C(N[C@H]1[C@@H](OCc2ccccc2)O[C@@H]2CO[C@@H](c3ccccc3)O[C@H]2[C@@H]1O)OCc1ccccc1. The lowest BCUT2D eigenvalue weighted by Gasteiger charge is -2.47. The van der Waals surface area contributed by atoms with Crippen LogP contribution in [0, 0.1) is 0 Å². The lowest BCUT2D eigenvalue weighted by molar-refractivity contribution is -0.345. The average molecular weight is 492 g/mol. The number of amides is 1. The molecular weight excluding hydrogens is 462 g/mol.